The minimum absolute atomic E-state index is 0.667. The van der Waals surface area contributed by atoms with Crippen molar-refractivity contribution in [2.24, 2.45) is 5.92 Å². The Labute approximate surface area is 78.8 Å². The van der Waals surface area contributed by atoms with Gasteiger partial charge in [-0.2, -0.15) is 0 Å². The molecule has 1 atom stereocenters. The Morgan fingerprint density at radius 2 is 1.92 bits per heavy atom. The summed E-state index contributed by atoms with van der Waals surface area (Å²) in [5.41, 5.74) is 2.14. The summed E-state index contributed by atoms with van der Waals surface area (Å²) in [4.78, 5) is 10.4. The van der Waals surface area contributed by atoms with Gasteiger partial charge in [-0.15, -0.1) is 0 Å². The maximum Gasteiger partial charge on any atom is 0.150 e. The number of aldehydes is 1. The first-order valence-electron chi connectivity index (χ1n) is 4.86. The summed E-state index contributed by atoms with van der Waals surface area (Å²) in [5, 5.41) is 0. The highest BCUT2D eigenvalue weighted by molar-refractivity contribution is 5.74. The fourth-order valence-corrected chi connectivity index (χ4v) is 1.75. The lowest BCUT2D eigenvalue weighted by molar-refractivity contribution is 0.112. The summed E-state index contributed by atoms with van der Waals surface area (Å²) < 4.78 is 0. The zero-order valence-electron chi connectivity index (χ0n) is 7.86. The van der Waals surface area contributed by atoms with E-state index in [-0.39, 0.29) is 0 Å². The highest BCUT2D eigenvalue weighted by Gasteiger charge is 2.28. The highest BCUT2D eigenvalue weighted by atomic mass is 16.1. The Morgan fingerprint density at radius 3 is 2.38 bits per heavy atom. The van der Waals surface area contributed by atoms with Crippen molar-refractivity contribution in [3.8, 4) is 0 Å². The maximum atomic E-state index is 10.4. The van der Waals surface area contributed by atoms with Crippen LogP contribution in [0.25, 0.3) is 0 Å². The number of hydrogen-bond acceptors (Lipinski definition) is 1. The molecule has 0 N–H and O–H groups in total. The molecule has 1 saturated carbocycles. The predicted molar refractivity (Wildman–Crippen MR) is 53.0 cm³/mol. The van der Waals surface area contributed by atoms with E-state index in [2.05, 4.69) is 19.1 Å². The first kappa shape index (κ1) is 8.49. The van der Waals surface area contributed by atoms with E-state index in [1.165, 1.54) is 18.4 Å². The van der Waals surface area contributed by atoms with E-state index < -0.39 is 0 Å². The summed E-state index contributed by atoms with van der Waals surface area (Å²) >= 11 is 0. The number of benzene rings is 1. The van der Waals surface area contributed by atoms with E-state index in [0.717, 1.165) is 17.8 Å². The molecule has 1 nitrogen and oxygen atoms in total. The molecule has 1 fully saturated rings. The van der Waals surface area contributed by atoms with Crippen LogP contribution < -0.4 is 0 Å². The Bertz CT molecular complexity index is 295. The molecule has 13 heavy (non-hydrogen) atoms. The minimum atomic E-state index is 0.667. The van der Waals surface area contributed by atoms with Crippen LogP contribution in [0.3, 0.4) is 0 Å². The van der Waals surface area contributed by atoms with Gasteiger partial charge in [-0.25, -0.2) is 0 Å². The lowest BCUT2D eigenvalue weighted by Gasteiger charge is -2.09. The Morgan fingerprint density at radius 1 is 1.31 bits per heavy atom. The van der Waals surface area contributed by atoms with E-state index in [1.807, 2.05) is 12.1 Å². The third kappa shape index (κ3) is 1.80. The van der Waals surface area contributed by atoms with Gasteiger partial charge in [0.15, 0.2) is 0 Å². The molecular weight excluding hydrogens is 160 g/mol. The molecule has 0 amide bonds. The van der Waals surface area contributed by atoms with Crippen molar-refractivity contribution in [3.05, 3.63) is 35.4 Å². The van der Waals surface area contributed by atoms with Crippen LogP contribution in [0.2, 0.25) is 0 Å². The quantitative estimate of drug-likeness (QED) is 0.644. The van der Waals surface area contributed by atoms with Crippen LogP contribution in [0.5, 0.6) is 0 Å². The Hall–Kier alpha value is -1.11. The zero-order chi connectivity index (χ0) is 9.26. The summed E-state index contributed by atoms with van der Waals surface area (Å²) in [6, 6.07) is 7.96. The molecule has 0 bridgehead atoms. The van der Waals surface area contributed by atoms with Gasteiger partial charge in [-0.05, 0) is 30.2 Å². The Kier molecular flexibility index (Phi) is 2.17. The number of carbonyl (C=O) groups excluding carboxylic acids is 1. The average molecular weight is 174 g/mol. The maximum absolute atomic E-state index is 10.4. The fraction of sp³-hybridized carbons (Fsp3) is 0.417. The van der Waals surface area contributed by atoms with Crippen molar-refractivity contribution in [1.29, 1.82) is 0 Å². The first-order chi connectivity index (χ1) is 6.31. The summed E-state index contributed by atoms with van der Waals surface area (Å²) in [6.45, 7) is 2.27. The van der Waals surface area contributed by atoms with Crippen molar-refractivity contribution in [3.63, 3.8) is 0 Å². The van der Waals surface area contributed by atoms with Crippen molar-refractivity contribution in [2.45, 2.75) is 25.7 Å². The predicted octanol–water partition coefficient (Wildman–Crippen LogP) is 3.01. The summed E-state index contributed by atoms with van der Waals surface area (Å²) in [7, 11) is 0. The van der Waals surface area contributed by atoms with Gasteiger partial charge in [0.1, 0.15) is 6.29 Å². The third-order valence-electron chi connectivity index (χ3n) is 2.93. The van der Waals surface area contributed by atoms with Gasteiger partial charge in [0, 0.05) is 5.56 Å². The van der Waals surface area contributed by atoms with Crippen LogP contribution in [0.15, 0.2) is 24.3 Å². The number of rotatable bonds is 3. The van der Waals surface area contributed by atoms with Crippen LogP contribution >= 0.6 is 0 Å². The van der Waals surface area contributed by atoms with Gasteiger partial charge in [-0.3, -0.25) is 4.79 Å². The fourth-order valence-electron chi connectivity index (χ4n) is 1.75. The molecule has 2 rings (SSSR count). The second-order valence-electron chi connectivity index (χ2n) is 3.91. The second-order valence-corrected chi connectivity index (χ2v) is 3.91. The molecule has 0 aromatic heterocycles. The lowest BCUT2D eigenvalue weighted by atomic mass is 9.96. The van der Waals surface area contributed by atoms with E-state index >= 15 is 0 Å². The molecule has 0 heterocycles. The molecule has 0 aliphatic heterocycles. The van der Waals surface area contributed by atoms with Gasteiger partial charge in [0.05, 0.1) is 0 Å². The minimum Gasteiger partial charge on any atom is -0.298 e. The van der Waals surface area contributed by atoms with Crippen LogP contribution in [-0.2, 0) is 0 Å². The van der Waals surface area contributed by atoms with Crippen LogP contribution in [0.4, 0.5) is 0 Å². The highest BCUT2D eigenvalue weighted by Crippen LogP contribution is 2.42. The van der Waals surface area contributed by atoms with Gasteiger partial charge in [0.25, 0.3) is 0 Å². The topological polar surface area (TPSA) is 17.1 Å². The monoisotopic (exact) mass is 174 g/mol. The van der Waals surface area contributed by atoms with E-state index in [0.29, 0.717) is 5.92 Å². The van der Waals surface area contributed by atoms with E-state index in [4.69, 9.17) is 0 Å². The Balaban J connectivity index is 2.16. The largest absolute Gasteiger partial charge is 0.298 e. The van der Waals surface area contributed by atoms with Crippen LogP contribution in [0, 0.1) is 5.92 Å². The molecule has 1 unspecified atom stereocenters. The van der Waals surface area contributed by atoms with Crippen molar-refractivity contribution in [2.75, 3.05) is 0 Å². The zero-order valence-corrected chi connectivity index (χ0v) is 7.86. The molecule has 1 aliphatic rings. The van der Waals surface area contributed by atoms with Crippen LogP contribution in [0.1, 0.15) is 41.6 Å². The van der Waals surface area contributed by atoms with E-state index in [1.54, 1.807) is 0 Å². The van der Waals surface area contributed by atoms with Gasteiger partial charge in [-0.1, -0.05) is 31.2 Å². The van der Waals surface area contributed by atoms with Gasteiger partial charge >= 0.3 is 0 Å². The normalized spacial score (nSPS) is 18.2. The number of hydrogen-bond donors (Lipinski definition) is 0. The molecular formula is C12H14O. The molecule has 1 heteroatoms. The van der Waals surface area contributed by atoms with E-state index in [9.17, 15) is 4.79 Å². The first-order valence-corrected chi connectivity index (χ1v) is 4.86. The second kappa shape index (κ2) is 3.33. The SMILES string of the molecule is CC(c1ccc(C=O)cc1)C1CC1. The van der Waals surface area contributed by atoms with Gasteiger partial charge < -0.3 is 0 Å². The third-order valence-corrected chi connectivity index (χ3v) is 2.93. The average Bonchev–Trinajstić information content (AvgIpc) is 3.00. The molecule has 0 saturated heterocycles. The smallest absolute Gasteiger partial charge is 0.150 e. The van der Waals surface area contributed by atoms with Crippen molar-refractivity contribution in [1.82, 2.24) is 0 Å². The van der Waals surface area contributed by atoms with Crippen molar-refractivity contribution < 1.29 is 4.79 Å². The summed E-state index contributed by atoms with van der Waals surface area (Å²) in [6.07, 6.45) is 3.64. The standard InChI is InChI=1S/C12H14O/c1-9(12-6-7-12)11-4-2-10(8-13)3-5-11/h2-5,8-9,12H,6-7H2,1H3. The summed E-state index contributed by atoms with van der Waals surface area (Å²) in [5.74, 6) is 1.56. The number of carbonyl (C=O) groups is 1. The molecule has 1 aliphatic carbocycles. The molecule has 1 aromatic rings. The van der Waals surface area contributed by atoms with Gasteiger partial charge in [0.2, 0.25) is 0 Å². The molecule has 0 radical (unpaired) electrons. The molecule has 68 valence electrons. The molecule has 1 aromatic carbocycles. The van der Waals surface area contributed by atoms with Crippen LogP contribution in [-0.4, -0.2) is 6.29 Å². The van der Waals surface area contributed by atoms with Crippen molar-refractivity contribution >= 4 is 6.29 Å². The molecule has 0 spiro atoms. The lowest BCUT2D eigenvalue weighted by Crippen LogP contribution is -1.95.